The molecule has 3 rings (SSSR count). The Kier molecular flexibility index (Phi) is 3.50. The molecular weight excluding hydrogens is 272 g/mol. The average molecular weight is 294 g/mol. The largest absolute Gasteiger partial charge is 0.384 e. The van der Waals surface area contributed by atoms with Crippen LogP contribution in [0.2, 0.25) is 0 Å². The Morgan fingerprint density at radius 2 is 2.10 bits per heavy atom. The first-order valence-electron chi connectivity index (χ1n) is 7.37. The SMILES string of the molecule is CC1CCN(S(=O)(=O)c2ccc3c(c2)CCN3)C(C)C1. The molecule has 2 unspecified atom stereocenters. The Morgan fingerprint density at radius 3 is 2.85 bits per heavy atom. The fourth-order valence-corrected chi connectivity index (χ4v) is 5.03. The van der Waals surface area contributed by atoms with Crippen LogP contribution in [0.3, 0.4) is 0 Å². The molecule has 2 aliphatic rings. The molecule has 1 aromatic carbocycles. The lowest BCUT2D eigenvalue weighted by molar-refractivity contribution is 0.220. The van der Waals surface area contributed by atoms with Gasteiger partial charge in [0.15, 0.2) is 0 Å². The van der Waals surface area contributed by atoms with E-state index < -0.39 is 10.0 Å². The van der Waals surface area contributed by atoms with Crippen LogP contribution in [0.5, 0.6) is 0 Å². The van der Waals surface area contributed by atoms with E-state index >= 15 is 0 Å². The van der Waals surface area contributed by atoms with Gasteiger partial charge in [0.05, 0.1) is 4.90 Å². The summed E-state index contributed by atoms with van der Waals surface area (Å²) in [6, 6.07) is 5.56. The van der Waals surface area contributed by atoms with Crippen molar-refractivity contribution in [3.8, 4) is 0 Å². The van der Waals surface area contributed by atoms with E-state index in [1.165, 1.54) is 0 Å². The third-order valence-corrected chi connectivity index (χ3v) is 6.48. The van der Waals surface area contributed by atoms with E-state index in [1.54, 1.807) is 10.4 Å². The van der Waals surface area contributed by atoms with Crippen LogP contribution in [-0.4, -0.2) is 31.9 Å². The highest BCUT2D eigenvalue weighted by atomic mass is 32.2. The Labute approximate surface area is 121 Å². The Hall–Kier alpha value is -1.07. The predicted molar refractivity (Wildman–Crippen MR) is 80.4 cm³/mol. The third-order valence-electron chi connectivity index (χ3n) is 4.47. The van der Waals surface area contributed by atoms with Crippen LogP contribution in [0.4, 0.5) is 5.69 Å². The molecule has 110 valence electrons. The highest BCUT2D eigenvalue weighted by Gasteiger charge is 2.33. The van der Waals surface area contributed by atoms with Gasteiger partial charge in [-0.3, -0.25) is 0 Å². The molecule has 1 N–H and O–H groups in total. The van der Waals surface area contributed by atoms with Crippen molar-refractivity contribution in [1.82, 2.24) is 4.31 Å². The highest BCUT2D eigenvalue weighted by Crippen LogP contribution is 2.31. The molecule has 1 aromatic rings. The van der Waals surface area contributed by atoms with Crippen molar-refractivity contribution in [3.63, 3.8) is 0 Å². The maximum Gasteiger partial charge on any atom is 0.243 e. The van der Waals surface area contributed by atoms with E-state index in [0.717, 1.165) is 37.1 Å². The van der Waals surface area contributed by atoms with Gasteiger partial charge in [-0.05, 0) is 55.9 Å². The predicted octanol–water partition coefficient (Wildman–Crippen LogP) is 2.46. The molecule has 0 aromatic heterocycles. The van der Waals surface area contributed by atoms with Gasteiger partial charge < -0.3 is 5.32 Å². The molecule has 1 fully saturated rings. The van der Waals surface area contributed by atoms with Gasteiger partial charge in [0, 0.05) is 24.8 Å². The zero-order valence-electron chi connectivity index (χ0n) is 12.1. The van der Waals surface area contributed by atoms with Gasteiger partial charge in [0.1, 0.15) is 0 Å². The number of anilines is 1. The second-order valence-corrected chi connectivity index (χ2v) is 7.98. The summed E-state index contributed by atoms with van der Waals surface area (Å²) in [5.41, 5.74) is 2.19. The van der Waals surface area contributed by atoms with Crippen LogP contribution in [0.1, 0.15) is 32.3 Å². The quantitative estimate of drug-likeness (QED) is 0.911. The topological polar surface area (TPSA) is 49.4 Å². The first kappa shape index (κ1) is 13.9. The zero-order valence-corrected chi connectivity index (χ0v) is 12.9. The molecule has 0 amide bonds. The number of hydrogen-bond donors (Lipinski definition) is 1. The Bertz CT molecular complexity index is 612. The van der Waals surface area contributed by atoms with E-state index in [0.29, 0.717) is 17.4 Å². The van der Waals surface area contributed by atoms with E-state index in [1.807, 2.05) is 19.1 Å². The highest BCUT2D eigenvalue weighted by molar-refractivity contribution is 7.89. The van der Waals surface area contributed by atoms with Crippen molar-refractivity contribution in [2.24, 2.45) is 5.92 Å². The van der Waals surface area contributed by atoms with Gasteiger partial charge in [-0.15, -0.1) is 0 Å². The van der Waals surface area contributed by atoms with Crippen molar-refractivity contribution < 1.29 is 8.42 Å². The maximum atomic E-state index is 12.8. The molecule has 4 nitrogen and oxygen atoms in total. The van der Waals surface area contributed by atoms with Crippen molar-refractivity contribution >= 4 is 15.7 Å². The minimum Gasteiger partial charge on any atom is -0.384 e. The molecule has 0 bridgehead atoms. The lowest BCUT2D eigenvalue weighted by atomic mass is 9.95. The first-order chi connectivity index (χ1) is 9.48. The summed E-state index contributed by atoms with van der Waals surface area (Å²) in [4.78, 5) is 0.446. The maximum absolute atomic E-state index is 12.8. The molecule has 0 saturated carbocycles. The molecular formula is C15H22N2O2S. The van der Waals surface area contributed by atoms with Gasteiger partial charge in [-0.1, -0.05) is 6.92 Å². The summed E-state index contributed by atoms with van der Waals surface area (Å²) in [7, 11) is -3.35. The first-order valence-corrected chi connectivity index (χ1v) is 8.81. The van der Waals surface area contributed by atoms with E-state index in [4.69, 9.17) is 0 Å². The monoisotopic (exact) mass is 294 g/mol. The van der Waals surface area contributed by atoms with E-state index in [2.05, 4.69) is 12.2 Å². The standard InChI is InChI=1S/C15H22N2O2S/c1-11-6-8-17(12(2)9-11)20(18,19)14-3-4-15-13(10-14)5-7-16-15/h3-4,10-12,16H,5-9H2,1-2H3. The van der Waals surface area contributed by atoms with Gasteiger partial charge in [-0.2, -0.15) is 4.31 Å². The van der Waals surface area contributed by atoms with Crippen molar-refractivity contribution in [1.29, 1.82) is 0 Å². The second-order valence-electron chi connectivity index (χ2n) is 6.09. The summed E-state index contributed by atoms with van der Waals surface area (Å²) < 4.78 is 27.3. The number of piperidine rings is 1. The number of sulfonamides is 1. The summed E-state index contributed by atoms with van der Waals surface area (Å²) in [6.45, 7) is 5.75. The molecule has 20 heavy (non-hydrogen) atoms. The van der Waals surface area contributed by atoms with E-state index in [-0.39, 0.29) is 6.04 Å². The molecule has 0 aliphatic carbocycles. The number of hydrogen-bond acceptors (Lipinski definition) is 3. The summed E-state index contributed by atoms with van der Waals surface area (Å²) in [5, 5.41) is 3.26. The Balaban J connectivity index is 1.92. The molecule has 5 heteroatoms. The van der Waals surface area contributed by atoms with Gasteiger partial charge in [0.25, 0.3) is 0 Å². The van der Waals surface area contributed by atoms with Crippen LogP contribution in [-0.2, 0) is 16.4 Å². The number of nitrogens with one attached hydrogen (secondary N) is 1. The number of rotatable bonds is 2. The molecule has 0 radical (unpaired) electrons. The van der Waals surface area contributed by atoms with E-state index in [9.17, 15) is 8.42 Å². The molecule has 0 spiro atoms. The zero-order chi connectivity index (χ0) is 14.3. The van der Waals surface area contributed by atoms with Crippen molar-refractivity contribution in [3.05, 3.63) is 23.8 Å². The molecule has 2 heterocycles. The van der Waals surface area contributed by atoms with Crippen molar-refractivity contribution in [2.75, 3.05) is 18.4 Å². The number of benzene rings is 1. The van der Waals surface area contributed by atoms with Gasteiger partial charge in [0.2, 0.25) is 10.0 Å². The Morgan fingerprint density at radius 1 is 1.30 bits per heavy atom. The van der Waals surface area contributed by atoms with Gasteiger partial charge in [-0.25, -0.2) is 8.42 Å². The fraction of sp³-hybridized carbons (Fsp3) is 0.600. The fourth-order valence-electron chi connectivity index (χ4n) is 3.32. The average Bonchev–Trinajstić information content (AvgIpc) is 2.85. The van der Waals surface area contributed by atoms with Crippen LogP contribution >= 0.6 is 0 Å². The van der Waals surface area contributed by atoms with Crippen LogP contribution in [0.25, 0.3) is 0 Å². The van der Waals surface area contributed by atoms with Crippen LogP contribution < -0.4 is 5.32 Å². The molecule has 2 aliphatic heterocycles. The summed E-state index contributed by atoms with van der Waals surface area (Å²) in [6.07, 6.45) is 2.81. The van der Waals surface area contributed by atoms with Crippen LogP contribution in [0.15, 0.2) is 23.1 Å². The number of nitrogens with zero attached hydrogens (tertiary/aromatic N) is 1. The smallest absolute Gasteiger partial charge is 0.243 e. The minimum atomic E-state index is -3.35. The minimum absolute atomic E-state index is 0.0927. The molecule has 2 atom stereocenters. The van der Waals surface area contributed by atoms with Crippen LogP contribution in [0, 0.1) is 5.92 Å². The second kappa shape index (κ2) is 5.04. The number of fused-ring (bicyclic) bond motifs is 1. The molecule has 1 saturated heterocycles. The van der Waals surface area contributed by atoms with Gasteiger partial charge >= 0.3 is 0 Å². The summed E-state index contributed by atoms with van der Waals surface area (Å²) >= 11 is 0. The summed E-state index contributed by atoms with van der Waals surface area (Å²) in [5.74, 6) is 0.612. The van der Waals surface area contributed by atoms with Crippen molar-refractivity contribution in [2.45, 2.75) is 44.0 Å². The normalized spacial score (nSPS) is 27.1. The lowest BCUT2D eigenvalue weighted by Gasteiger charge is -2.35. The third kappa shape index (κ3) is 2.33. The lowest BCUT2D eigenvalue weighted by Crippen LogP contribution is -2.44.